The molecule has 0 aromatic rings. The van der Waals surface area contributed by atoms with E-state index < -0.39 is 5.97 Å². The van der Waals surface area contributed by atoms with Gasteiger partial charge >= 0.3 is 0 Å². The molecule has 0 heterocycles. The first-order chi connectivity index (χ1) is 5.74. The summed E-state index contributed by atoms with van der Waals surface area (Å²) < 4.78 is 0. The summed E-state index contributed by atoms with van der Waals surface area (Å²) in [5.41, 5.74) is 0.104. The monoisotopic (exact) mass is 184 g/mol. The van der Waals surface area contributed by atoms with Crippen molar-refractivity contribution in [3.63, 3.8) is 0 Å². The van der Waals surface area contributed by atoms with Crippen LogP contribution < -0.4 is 5.11 Å². The van der Waals surface area contributed by atoms with Gasteiger partial charge in [-0.2, -0.15) is 0 Å². The number of nitrogens with zero attached hydrogens (tertiary/aromatic N) is 1. The Bertz CT molecular complexity index is 207. The number of carboxylic acids is 1. The lowest BCUT2D eigenvalue weighted by Crippen LogP contribution is -2.32. The lowest BCUT2D eigenvalue weighted by Gasteiger charge is -2.29. The Hall–Kier alpha value is -0.830. The van der Waals surface area contributed by atoms with Gasteiger partial charge in [-0.25, -0.2) is 0 Å². The molecule has 0 fully saturated rings. The number of carbonyl (C=O) groups is 1. The third-order valence-electron chi connectivity index (χ3n) is 1.72. The molecule has 76 valence electrons. The number of aliphatic carboxylic acids is 1. The van der Waals surface area contributed by atoms with Crippen LogP contribution in [0.5, 0.6) is 0 Å². The summed E-state index contributed by atoms with van der Waals surface area (Å²) in [5.74, 6) is -1.15. The fourth-order valence-corrected chi connectivity index (χ4v) is 1.56. The maximum Gasteiger partial charge on any atom is 0.0669 e. The van der Waals surface area contributed by atoms with Crippen LogP contribution in [-0.2, 0) is 4.79 Å². The summed E-state index contributed by atoms with van der Waals surface area (Å²) in [6, 6.07) is 0. The van der Waals surface area contributed by atoms with Crippen molar-refractivity contribution in [3.8, 4) is 0 Å². The van der Waals surface area contributed by atoms with Crippen LogP contribution in [0.15, 0.2) is 12.2 Å². The fourth-order valence-electron chi connectivity index (χ4n) is 1.56. The van der Waals surface area contributed by atoms with E-state index in [4.69, 9.17) is 0 Å². The predicted molar refractivity (Wildman–Crippen MR) is 51.1 cm³/mol. The zero-order valence-corrected chi connectivity index (χ0v) is 8.89. The molecule has 0 rings (SSSR count). The maximum absolute atomic E-state index is 10.4. The molecule has 3 nitrogen and oxygen atoms in total. The van der Waals surface area contributed by atoms with E-state index in [2.05, 4.69) is 6.58 Å². The van der Waals surface area contributed by atoms with Crippen LogP contribution in [0.4, 0.5) is 0 Å². The molecule has 0 aromatic carbocycles. The average molecular weight is 184 g/mol. The largest absolute Gasteiger partial charge is 0.545 e. The van der Waals surface area contributed by atoms with E-state index in [-0.39, 0.29) is 11.0 Å². The second-order valence-electron chi connectivity index (χ2n) is 4.47. The Morgan fingerprint density at radius 1 is 1.46 bits per heavy atom. The van der Waals surface area contributed by atoms with Gasteiger partial charge < -0.3 is 14.8 Å². The minimum Gasteiger partial charge on any atom is -0.545 e. The Kier molecular flexibility index (Phi) is 4.14. The first-order valence-electron chi connectivity index (χ1n) is 4.28. The molecule has 0 bridgehead atoms. The van der Waals surface area contributed by atoms with Gasteiger partial charge in [-0.1, -0.05) is 20.4 Å². The topological polar surface area (TPSA) is 43.4 Å². The summed E-state index contributed by atoms with van der Waals surface area (Å²) in [7, 11) is 3.92. The first kappa shape index (κ1) is 12.2. The summed E-state index contributed by atoms with van der Waals surface area (Å²) in [5, 5.41) is 10.4. The minimum absolute atomic E-state index is 0.0688. The molecule has 0 atom stereocenters. The second-order valence-corrected chi connectivity index (χ2v) is 4.47. The van der Waals surface area contributed by atoms with Gasteiger partial charge in [0.1, 0.15) is 0 Å². The molecular weight excluding hydrogens is 166 g/mol. The Labute approximate surface area is 80.0 Å². The van der Waals surface area contributed by atoms with Crippen LogP contribution in [0.25, 0.3) is 0 Å². The molecule has 0 spiro atoms. The molecule has 0 amide bonds. The van der Waals surface area contributed by atoms with E-state index in [1.165, 1.54) is 0 Å². The first-order valence-corrected chi connectivity index (χ1v) is 4.28. The predicted octanol–water partition coefficient (Wildman–Crippen LogP) is 0.270. The number of hydrogen-bond acceptors (Lipinski definition) is 3. The van der Waals surface area contributed by atoms with Gasteiger partial charge in [0.05, 0.1) is 5.97 Å². The van der Waals surface area contributed by atoms with Gasteiger partial charge in [0.25, 0.3) is 0 Å². The molecule has 0 aliphatic carbocycles. The summed E-state index contributed by atoms with van der Waals surface area (Å²) in [6.45, 7) is 8.33. The average Bonchev–Trinajstić information content (AvgIpc) is 1.81. The molecule has 0 N–H and O–H groups in total. The Morgan fingerprint density at radius 3 is 2.23 bits per heavy atom. The number of carboxylic acid groups (broad SMARTS) is 1. The molecule has 0 aromatic heterocycles. The van der Waals surface area contributed by atoms with E-state index in [0.717, 1.165) is 6.54 Å². The highest BCUT2D eigenvalue weighted by Crippen LogP contribution is 2.24. The summed E-state index contributed by atoms with van der Waals surface area (Å²) in [4.78, 5) is 12.5. The molecule has 13 heavy (non-hydrogen) atoms. The van der Waals surface area contributed by atoms with E-state index in [9.17, 15) is 9.90 Å². The molecular formula is C10H18NO2-. The molecule has 0 saturated heterocycles. The lowest BCUT2D eigenvalue weighted by atomic mass is 9.85. The highest BCUT2D eigenvalue weighted by atomic mass is 16.4. The molecule has 0 aliphatic heterocycles. The number of rotatable bonds is 5. The Morgan fingerprint density at radius 2 is 1.92 bits per heavy atom. The third-order valence-corrected chi connectivity index (χ3v) is 1.72. The van der Waals surface area contributed by atoms with E-state index in [1.54, 1.807) is 0 Å². The quantitative estimate of drug-likeness (QED) is 0.576. The standard InChI is InChI=1S/C10H19NO2/c1-8(9(12)13)6-10(2,3)7-11(4)5/h1,6-7H2,2-5H3,(H,12,13)/p-1. The van der Waals surface area contributed by atoms with Gasteiger partial charge in [0.15, 0.2) is 0 Å². The van der Waals surface area contributed by atoms with Crippen LogP contribution in [0.1, 0.15) is 20.3 Å². The van der Waals surface area contributed by atoms with Gasteiger partial charge in [0, 0.05) is 6.54 Å². The van der Waals surface area contributed by atoms with Crippen molar-refractivity contribution < 1.29 is 9.90 Å². The normalized spacial score (nSPS) is 11.8. The fraction of sp³-hybridized carbons (Fsp3) is 0.700. The molecule has 3 heteroatoms. The lowest BCUT2D eigenvalue weighted by molar-refractivity contribution is -0.299. The zero-order chi connectivity index (χ0) is 10.6. The van der Waals surface area contributed by atoms with Gasteiger partial charge in [-0.05, 0) is 31.5 Å². The molecule has 0 unspecified atom stereocenters. The van der Waals surface area contributed by atoms with Crippen molar-refractivity contribution in [3.05, 3.63) is 12.2 Å². The highest BCUT2D eigenvalue weighted by molar-refractivity contribution is 5.83. The van der Waals surface area contributed by atoms with Crippen LogP contribution in [0.3, 0.4) is 0 Å². The van der Waals surface area contributed by atoms with Crippen molar-refractivity contribution in [2.24, 2.45) is 5.41 Å². The van der Waals surface area contributed by atoms with Gasteiger partial charge in [-0.15, -0.1) is 0 Å². The Balaban J connectivity index is 4.16. The highest BCUT2D eigenvalue weighted by Gasteiger charge is 2.20. The van der Waals surface area contributed by atoms with Crippen LogP contribution in [0.2, 0.25) is 0 Å². The smallest absolute Gasteiger partial charge is 0.0669 e. The number of hydrogen-bond donors (Lipinski definition) is 0. The van der Waals surface area contributed by atoms with E-state index >= 15 is 0 Å². The molecule has 0 aliphatic rings. The minimum atomic E-state index is -1.15. The van der Waals surface area contributed by atoms with Crippen LogP contribution in [0, 0.1) is 5.41 Å². The second kappa shape index (κ2) is 4.42. The van der Waals surface area contributed by atoms with E-state index in [0.29, 0.717) is 6.42 Å². The summed E-state index contributed by atoms with van der Waals surface area (Å²) in [6.07, 6.45) is 0.466. The van der Waals surface area contributed by atoms with Crippen LogP contribution in [-0.4, -0.2) is 31.5 Å². The molecule has 0 radical (unpaired) electrons. The van der Waals surface area contributed by atoms with Crippen molar-refractivity contribution in [2.45, 2.75) is 20.3 Å². The van der Waals surface area contributed by atoms with Crippen molar-refractivity contribution >= 4 is 5.97 Å². The van der Waals surface area contributed by atoms with Gasteiger partial charge in [-0.3, -0.25) is 0 Å². The zero-order valence-electron chi connectivity index (χ0n) is 8.89. The number of carbonyl (C=O) groups excluding carboxylic acids is 1. The van der Waals surface area contributed by atoms with Gasteiger partial charge in [0.2, 0.25) is 0 Å². The summed E-state index contributed by atoms with van der Waals surface area (Å²) >= 11 is 0. The van der Waals surface area contributed by atoms with Crippen molar-refractivity contribution in [2.75, 3.05) is 20.6 Å². The van der Waals surface area contributed by atoms with Crippen LogP contribution >= 0.6 is 0 Å². The third kappa shape index (κ3) is 5.42. The molecule has 0 saturated carbocycles. The van der Waals surface area contributed by atoms with E-state index in [1.807, 2.05) is 32.8 Å². The SMILES string of the molecule is C=C(CC(C)(C)CN(C)C)C(=O)[O-]. The maximum atomic E-state index is 10.4. The van der Waals surface area contributed by atoms with Crippen molar-refractivity contribution in [1.29, 1.82) is 0 Å². The van der Waals surface area contributed by atoms with Crippen molar-refractivity contribution in [1.82, 2.24) is 4.90 Å².